The van der Waals surface area contributed by atoms with Gasteiger partial charge in [0.1, 0.15) is 5.56 Å². The van der Waals surface area contributed by atoms with Crippen LogP contribution >= 0.6 is 0 Å². The summed E-state index contributed by atoms with van der Waals surface area (Å²) >= 11 is 0. The van der Waals surface area contributed by atoms with Crippen LogP contribution in [0.2, 0.25) is 0 Å². The maximum absolute atomic E-state index is 11.5. The quantitative estimate of drug-likeness (QED) is 0.692. The predicted molar refractivity (Wildman–Crippen MR) is 60.5 cm³/mol. The fraction of sp³-hybridized carbons (Fsp3) is 0.455. The van der Waals surface area contributed by atoms with E-state index in [9.17, 15) is 9.59 Å². The standard InChI is InChI=1S/C11H16N2O3/c1-16-7-3-2-5-13-11(15)9-8-12-6-4-10(9)14/h4,6,8H,2-3,5,7H2,1H3,(H,12,14)(H,13,15). The normalized spacial score (nSPS) is 10.1. The van der Waals surface area contributed by atoms with Gasteiger partial charge >= 0.3 is 0 Å². The molecule has 0 radical (unpaired) electrons. The summed E-state index contributed by atoms with van der Waals surface area (Å²) in [6.07, 6.45) is 4.64. The molecule has 0 aliphatic rings. The Kier molecular flexibility index (Phi) is 5.28. The Balaban J connectivity index is 2.36. The van der Waals surface area contributed by atoms with E-state index in [-0.39, 0.29) is 16.9 Å². The maximum Gasteiger partial charge on any atom is 0.256 e. The highest BCUT2D eigenvalue weighted by Crippen LogP contribution is 1.90. The van der Waals surface area contributed by atoms with Gasteiger partial charge in [-0.05, 0) is 12.8 Å². The summed E-state index contributed by atoms with van der Waals surface area (Å²) in [6, 6.07) is 1.33. The molecule has 1 aromatic heterocycles. The first kappa shape index (κ1) is 12.4. The smallest absolute Gasteiger partial charge is 0.256 e. The molecule has 0 unspecified atom stereocenters. The third-order valence-corrected chi connectivity index (χ3v) is 2.13. The fourth-order valence-corrected chi connectivity index (χ4v) is 1.26. The third kappa shape index (κ3) is 3.86. The van der Waals surface area contributed by atoms with Gasteiger partial charge in [-0.3, -0.25) is 9.59 Å². The van der Waals surface area contributed by atoms with Crippen molar-refractivity contribution >= 4 is 5.91 Å². The van der Waals surface area contributed by atoms with Gasteiger partial charge in [0.15, 0.2) is 5.43 Å². The van der Waals surface area contributed by atoms with E-state index in [1.165, 1.54) is 18.5 Å². The number of carbonyl (C=O) groups is 1. The van der Waals surface area contributed by atoms with Gasteiger partial charge in [0.2, 0.25) is 0 Å². The number of amides is 1. The molecule has 2 N–H and O–H groups in total. The lowest BCUT2D eigenvalue weighted by atomic mass is 10.2. The Morgan fingerprint density at radius 2 is 2.31 bits per heavy atom. The first-order chi connectivity index (χ1) is 7.75. The topological polar surface area (TPSA) is 71.2 Å². The predicted octanol–water partition coefficient (Wildman–Crippen LogP) is 0.531. The van der Waals surface area contributed by atoms with E-state index in [1.54, 1.807) is 7.11 Å². The molecule has 0 atom stereocenters. The molecular weight excluding hydrogens is 208 g/mol. The number of ether oxygens (including phenoxy) is 1. The van der Waals surface area contributed by atoms with Crippen LogP contribution in [0.1, 0.15) is 23.2 Å². The van der Waals surface area contributed by atoms with Crippen LogP contribution in [-0.4, -0.2) is 31.2 Å². The summed E-state index contributed by atoms with van der Waals surface area (Å²) in [5.41, 5.74) is -0.123. The van der Waals surface area contributed by atoms with Gasteiger partial charge in [0.05, 0.1) is 0 Å². The zero-order valence-corrected chi connectivity index (χ0v) is 9.29. The third-order valence-electron chi connectivity index (χ3n) is 2.13. The molecule has 0 aliphatic carbocycles. The monoisotopic (exact) mass is 224 g/mol. The first-order valence-electron chi connectivity index (χ1n) is 5.20. The van der Waals surface area contributed by atoms with Crippen molar-refractivity contribution in [2.75, 3.05) is 20.3 Å². The Bertz CT molecular complexity index is 387. The number of aromatic nitrogens is 1. The van der Waals surface area contributed by atoms with Crippen molar-refractivity contribution in [3.05, 3.63) is 34.2 Å². The molecule has 0 bridgehead atoms. The second-order valence-corrected chi connectivity index (χ2v) is 3.38. The van der Waals surface area contributed by atoms with E-state index in [0.717, 1.165) is 12.8 Å². The number of pyridine rings is 1. The highest BCUT2D eigenvalue weighted by molar-refractivity contribution is 5.93. The first-order valence-corrected chi connectivity index (χ1v) is 5.20. The van der Waals surface area contributed by atoms with Crippen LogP contribution in [0.25, 0.3) is 0 Å². The lowest BCUT2D eigenvalue weighted by Crippen LogP contribution is -2.29. The molecule has 0 aromatic carbocycles. The lowest BCUT2D eigenvalue weighted by Gasteiger charge is -2.03. The average molecular weight is 224 g/mol. The van der Waals surface area contributed by atoms with Crippen LogP contribution in [0.15, 0.2) is 23.3 Å². The van der Waals surface area contributed by atoms with Gasteiger partial charge in [0, 0.05) is 38.7 Å². The van der Waals surface area contributed by atoms with E-state index in [1.807, 2.05) is 0 Å². The minimum absolute atomic E-state index is 0.147. The average Bonchev–Trinajstić information content (AvgIpc) is 2.29. The van der Waals surface area contributed by atoms with Gasteiger partial charge in [-0.25, -0.2) is 0 Å². The Hall–Kier alpha value is -1.62. The number of rotatable bonds is 6. The number of H-pyrrole nitrogens is 1. The Labute approximate surface area is 93.8 Å². The number of nitrogens with one attached hydrogen (secondary N) is 2. The van der Waals surface area contributed by atoms with Crippen molar-refractivity contribution in [3.8, 4) is 0 Å². The van der Waals surface area contributed by atoms with Crippen LogP contribution < -0.4 is 10.7 Å². The molecular formula is C11H16N2O3. The molecule has 88 valence electrons. The van der Waals surface area contributed by atoms with Crippen molar-refractivity contribution in [1.29, 1.82) is 0 Å². The van der Waals surface area contributed by atoms with Crippen molar-refractivity contribution < 1.29 is 9.53 Å². The van der Waals surface area contributed by atoms with E-state index in [0.29, 0.717) is 13.2 Å². The number of hydrogen-bond acceptors (Lipinski definition) is 3. The number of hydrogen-bond donors (Lipinski definition) is 2. The minimum atomic E-state index is -0.334. The Morgan fingerprint density at radius 1 is 1.50 bits per heavy atom. The molecule has 16 heavy (non-hydrogen) atoms. The number of methoxy groups -OCH3 is 1. The highest BCUT2D eigenvalue weighted by atomic mass is 16.5. The molecule has 1 aromatic rings. The maximum atomic E-state index is 11.5. The number of unbranched alkanes of at least 4 members (excludes halogenated alkanes) is 1. The summed E-state index contributed by atoms with van der Waals surface area (Å²) in [5, 5.41) is 2.68. The summed E-state index contributed by atoms with van der Waals surface area (Å²) in [6.45, 7) is 1.23. The van der Waals surface area contributed by atoms with Crippen LogP contribution in [0.5, 0.6) is 0 Å². The molecule has 0 spiro atoms. The molecule has 1 amide bonds. The van der Waals surface area contributed by atoms with Crippen LogP contribution in [0.3, 0.4) is 0 Å². The summed E-state index contributed by atoms with van der Waals surface area (Å²) < 4.78 is 4.88. The van der Waals surface area contributed by atoms with Crippen molar-refractivity contribution in [3.63, 3.8) is 0 Å². The second kappa shape index (κ2) is 6.79. The van der Waals surface area contributed by atoms with Crippen LogP contribution in [0.4, 0.5) is 0 Å². The second-order valence-electron chi connectivity index (χ2n) is 3.38. The molecule has 0 saturated heterocycles. The zero-order chi connectivity index (χ0) is 11.8. The van der Waals surface area contributed by atoms with Gasteiger partial charge in [-0.2, -0.15) is 0 Å². The molecule has 5 heteroatoms. The van der Waals surface area contributed by atoms with E-state index in [2.05, 4.69) is 10.3 Å². The lowest BCUT2D eigenvalue weighted by molar-refractivity contribution is 0.0950. The van der Waals surface area contributed by atoms with E-state index < -0.39 is 0 Å². The van der Waals surface area contributed by atoms with Crippen molar-refractivity contribution in [2.24, 2.45) is 0 Å². The Morgan fingerprint density at radius 3 is 3.00 bits per heavy atom. The van der Waals surface area contributed by atoms with Crippen LogP contribution in [-0.2, 0) is 4.74 Å². The fourth-order valence-electron chi connectivity index (χ4n) is 1.26. The number of carbonyl (C=O) groups excluding carboxylic acids is 1. The van der Waals surface area contributed by atoms with E-state index >= 15 is 0 Å². The summed E-state index contributed by atoms with van der Waals surface area (Å²) in [5.74, 6) is -0.334. The van der Waals surface area contributed by atoms with Crippen molar-refractivity contribution in [1.82, 2.24) is 10.3 Å². The molecule has 1 heterocycles. The van der Waals surface area contributed by atoms with Crippen molar-refractivity contribution in [2.45, 2.75) is 12.8 Å². The SMILES string of the molecule is COCCCCNC(=O)c1c[nH]ccc1=O. The van der Waals surface area contributed by atoms with Gasteiger partial charge in [-0.15, -0.1) is 0 Å². The van der Waals surface area contributed by atoms with Gasteiger partial charge in [0.25, 0.3) is 5.91 Å². The summed E-state index contributed by atoms with van der Waals surface area (Å²) in [4.78, 5) is 25.5. The number of aromatic amines is 1. The summed E-state index contributed by atoms with van der Waals surface area (Å²) in [7, 11) is 1.64. The molecule has 5 nitrogen and oxygen atoms in total. The van der Waals surface area contributed by atoms with Gasteiger partial charge in [-0.1, -0.05) is 0 Å². The zero-order valence-electron chi connectivity index (χ0n) is 9.29. The van der Waals surface area contributed by atoms with E-state index in [4.69, 9.17) is 4.74 Å². The highest BCUT2D eigenvalue weighted by Gasteiger charge is 2.07. The minimum Gasteiger partial charge on any atom is -0.385 e. The molecule has 1 rings (SSSR count). The molecule has 0 saturated carbocycles. The van der Waals surface area contributed by atoms with Crippen LogP contribution in [0, 0.1) is 0 Å². The molecule has 0 fully saturated rings. The van der Waals surface area contributed by atoms with Gasteiger partial charge < -0.3 is 15.0 Å². The molecule has 0 aliphatic heterocycles. The largest absolute Gasteiger partial charge is 0.385 e.